The first kappa shape index (κ1) is 12.2. The molecule has 0 saturated carbocycles. The maximum absolute atomic E-state index is 10.5. The Balaban J connectivity index is 0.000000181. The minimum absolute atomic E-state index is 0.370. The molecular formula is C11H13N3OS. The van der Waals surface area contributed by atoms with Gasteiger partial charge in [-0.25, -0.2) is 4.98 Å². The third-order valence-corrected chi connectivity index (χ3v) is 2.54. The Morgan fingerprint density at radius 1 is 1.38 bits per heavy atom. The summed E-state index contributed by atoms with van der Waals surface area (Å²) < 4.78 is 0. The van der Waals surface area contributed by atoms with Crippen LogP contribution in [0.2, 0.25) is 0 Å². The van der Waals surface area contributed by atoms with Crippen LogP contribution in [-0.4, -0.2) is 10.9 Å². The number of amides is 1. The van der Waals surface area contributed by atoms with Crippen LogP contribution < -0.4 is 11.5 Å². The molecule has 0 fully saturated rings. The number of hydrogen-bond donors (Lipinski definition) is 2. The molecule has 0 saturated heterocycles. The predicted octanol–water partition coefficient (Wildman–Crippen LogP) is 1.82. The normalized spacial score (nSPS) is 9.06. The summed E-state index contributed by atoms with van der Waals surface area (Å²) in [6.07, 6.45) is 1.34. The molecule has 0 aliphatic heterocycles. The van der Waals surface area contributed by atoms with Crippen LogP contribution in [0.15, 0.2) is 35.8 Å². The van der Waals surface area contributed by atoms with Crippen molar-refractivity contribution in [3.63, 3.8) is 0 Å². The largest absolute Gasteiger partial charge is 0.384 e. The Bertz CT molecular complexity index is 437. The fourth-order valence-electron chi connectivity index (χ4n) is 0.912. The van der Waals surface area contributed by atoms with E-state index in [0.717, 1.165) is 0 Å². The van der Waals surface area contributed by atoms with Crippen molar-refractivity contribution in [3.8, 4) is 0 Å². The molecule has 2 aromatic heterocycles. The number of aromatic nitrogens is 1. The standard InChI is InChI=1S/C6H7N3O.C5H6S/c7-5-2-1-4(3-9-5)6(8)10;1-5-3-2-4-6-5/h1-3H,(H2,7,9)(H2,8,10);2-4H,1H3. The van der Waals surface area contributed by atoms with E-state index in [1.54, 1.807) is 11.3 Å². The molecule has 2 heterocycles. The Labute approximate surface area is 97.9 Å². The number of carbonyl (C=O) groups excluding carboxylic acids is 1. The first-order valence-electron chi connectivity index (χ1n) is 4.61. The van der Waals surface area contributed by atoms with Gasteiger partial charge in [-0.3, -0.25) is 4.79 Å². The molecule has 0 bridgehead atoms. The summed E-state index contributed by atoms with van der Waals surface area (Å²) in [7, 11) is 0. The molecule has 0 atom stereocenters. The predicted molar refractivity (Wildman–Crippen MR) is 66.2 cm³/mol. The highest BCUT2D eigenvalue weighted by Crippen LogP contribution is 2.03. The summed E-state index contributed by atoms with van der Waals surface area (Å²) in [5, 5.41) is 2.08. The number of carbonyl (C=O) groups is 1. The highest BCUT2D eigenvalue weighted by molar-refractivity contribution is 7.09. The number of nitrogen functional groups attached to an aromatic ring is 1. The molecule has 5 heteroatoms. The van der Waals surface area contributed by atoms with E-state index in [1.807, 2.05) is 0 Å². The van der Waals surface area contributed by atoms with Crippen LogP contribution in [0.4, 0.5) is 5.82 Å². The lowest BCUT2D eigenvalue weighted by Gasteiger charge is -1.93. The smallest absolute Gasteiger partial charge is 0.250 e. The molecule has 4 N–H and O–H groups in total. The number of rotatable bonds is 1. The molecule has 0 aliphatic carbocycles. The van der Waals surface area contributed by atoms with E-state index in [2.05, 4.69) is 29.4 Å². The highest BCUT2D eigenvalue weighted by atomic mass is 32.1. The zero-order valence-corrected chi connectivity index (χ0v) is 9.70. The summed E-state index contributed by atoms with van der Waals surface area (Å²) in [5.74, 6) is -0.113. The summed E-state index contributed by atoms with van der Waals surface area (Å²) >= 11 is 1.78. The van der Waals surface area contributed by atoms with Gasteiger partial charge < -0.3 is 11.5 Å². The van der Waals surface area contributed by atoms with Gasteiger partial charge in [-0.2, -0.15) is 0 Å². The number of nitrogens with zero attached hydrogens (tertiary/aromatic N) is 1. The van der Waals surface area contributed by atoms with Gasteiger partial charge in [0.25, 0.3) is 0 Å². The molecule has 4 nitrogen and oxygen atoms in total. The lowest BCUT2D eigenvalue weighted by atomic mass is 10.3. The molecule has 16 heavy (non-hydrogen) atoms. The monoisotopic (exact) mass is 235 g/mol. The summed E-state index contributed by atoms with van der Waals surface area (Å²) in [6.45, 7) is 2.10. The van der Waals surface area contributed by atoms with Crippen molar-refractivity contribution >= 4 is 23.1 Å². The molecule has 0 aliphatic rings. The zero-order valence-electron chi connectivity index (χ0n) is 8.88. The van der Waals surface area contributed by atoms with Gasteiger partial charge in [0.15, 0.2) is 0 Å². The minimum atomic E-state index is -0.493. The first-order chi connectivity index (χ1) is 7.59. The van der Waals surface area contributed by atoms with E-state index in [9.17, 15) is 4.79 Å². The van der Waals surface area contributed by atoms with Gasteiger partial charge >= 0.3 is 0 Å². The Morgan fingerprint density at radius 3 is 2.44 bits per heavy atom. The fourth-order valence-corrected chi connectivity index (χ4v) is 1.44. The minimum Gasteiger partial charge on any atom is -0.384 e. The van der Waals surface area contributed by atoms with Crippen LogP contribution in [-0.2, 0) is 0 Å². The topological polar surface area (TPSA) is 82.0 Å². The summed E-state index contributed by atoms with van der Waals surface area (Å²) in [6, 6.07) is 7.22. The van der Waals surface area contributed by atoms with E-state index in [-0.39, 0.29) is 0 Å². The number of anilines is 1. The van der Waals surface area contributed by atoms with E-state index in [1.165, 1.54) is 23.2 Å². The number of pyridine rings is 1. The Kier molecular flexibility index (Phi) is 4.47. The van der Waals surface area contributed by atoms with Crippen LogP contribution >= 0.6 is 11.3 Å². The number of hydrogen-bond acceptors (Lipinski definition) is 4. The van der Waals surface area contributed by atoms with Crippen LogP contribution in [0.3, 0.4) is 0 Å². The van der Waals surface area contributed by atoms with E-state index in [0.29, 0.717) is 11.4 Å². The van der Waals surface area contributed by atoms with Crippen molar-refractivity contribution in [2.75, 3.05) is 5.73 Å². The fraction of sp³-hybridized carbons (Fsp3) is 0.0909. The number of nitrogens with two attached hydrogens (primary N) is 2. The second-order valence-corrected chi connectivity index (χ2v) is 4.21. The van der Waals surface area contributed by atoms with Gasteiger partial charge in [-0.1, -0.05) is 6.07 Å². The zero-order chi connectivity index (χ0) is 12.0. The van der Waals surface area contributed by atoms with Crippen molar-refractivity contribution in [1.82, 2.24) is 4.98 Å². The second-order valence-electron chi connectivity index (χ2n) is 3.06. The molecule has 2 aromatic rings. The van der Waals surface area contributed by atoms with Crippen LogP contribution in [0.25, 0.3) is 0 Å². The van der Waals surface area contributed by atoms with Crippen molar-refractivity contribution in [2.45, 2.75) is 6.92 Å². The Morgan fingerprint density at radius 2 is 2.12 bits per heavy atom. The lowest BCUT2D eigenvalue weighted by Crippen LogP contribution is -2.11. The highest BCUT2D eigenvalue weighted by Gasteiger charge is 1.97. The summed E-state index contributed by atoms with van der Waals surface area (Å²) in [5.41, 5.74) is 10.6. The number of primary amides is 1. The average molecular weight is 235 g/mol. The molecule has 0 aromatic carbocycles. The van der Waals surface area contributed by atoms with Gasteiger partial charge in [0.05, 0.1) is 5.56 Å². The van der Waals surface area contributed by atoms with E-state index in [4.69, 9.17) is 11.5 Å². The van der Waals surface area contributed by atoms with Crippen LogP contribution in [0.5, 0.6) is 0 Å². The molecule has 84 valence electrons. The molecule has 0 radical (unpaired) electrons. The van der Waals surface area contributed by atoms with Gasteiger partial charge in [-0.15, -0.1) is 11.3 Å². The van der Waals surface area contributed by atoms with Gasteiger partial charge in [0.1, 0.15) is 5.82 Å². The van der Waals surface area contributed by atoms with Gasteiger partial charge in [-0.05, 0) is 30.5 Å². The van der Waals surface area contributed by atoms with Crippen LogP contribution in [0.1, 0.15) is 15.2 Å². The molecule has 0 unspecified atom stereocenters. The van der Waals surface area contributed by atoms with Crippen molar-refractivity contribution in [1.29, 1.82) is 0 Å². The van der Waals surface area contributed by atoms with Gasteiger partial charge in [0, 0.05) is 11.1 Å². The first-order valence-corrected chi connectivity index (χ1v) is 5.49. The van der Waals surface area contributed by atoms with Crippen molar-refractivity contribution < 1.29 is 4.79 Å². The average Bonchev–Trinajstić information content (AvgIpc) is 2.71. The van der Waals surface area contributed by atoms with Crippen LogP contribution in [0, 0.1) is 6.92 Å². The number of aryl methyl sites for hydroxylation is 1. The summed E-state index contributed by atoms with van der Waals surface area (Å²) in [4.78, 5) is 15.5. The van der Waals surface area contributed by atoms with E-state index < -0.39 is 5.91 Å². The van der Waals surface area contributed by atoms with Crippen molar-refractivity contribution in [2.24, 2.45) is 5.73 Å². The third kappa shape index (κ3) is 4.10. The van der Waals surface area contributed by atoms with Crippen molar-refractivity contribution in [3.05, 3.63) is 46.3 Å². The SMILES string of the molecule is Cc1cccs1.NC(=O)c1ccc(N)nc1. The lowest BCUT2D eigenvalue weighted by molar-refractivity contribution is 0.1000. The molecule has 0 spiro atoms. The third-order valence-electron chi connectivity index (χ3n) is 1.73. The second kappa shape index (κ2) is 5.87. The van der Waals surface area contributed by atoms with E-state index >= 15 is 0 Å². The number of thiophene rings is 1. The molecular weight excluding hydrogens is 222 g/mol. The molecule has 1 amide bonds. The molecule has 2 rings (SSSR count). The Hall–Kier alpha value is -1.88. The quantitative estimate of drug-likeness (QED) is 0.791. The van der Waals surface area contributed by atoms with Gasteiger partial charge in [0.2, 0.25) is 5.91 Å². The maximum atomic E-state index is 10.5. The maximum Gasteiger partial charge on any atom is 0.250 e.